The summed E-state index contributed by atoms with van der Waals surface area (Å²) in [5, 5.41) is 48.9. The van der Waals surface area contributed by atoms with E-state index in [9.17, 15) is 44.4 Å². The second-order valence-corrected chi connectivity index (χ2v) is 12.6. The number of carbonyl (C=O) groups excluding carboxylic acids is 5. The molecule has 2 aromatic carbocycles. The summed E-state index contributed by atoms with van der Waals surface area (Å²) in [5.74, 6) is -8.54. The van der Waals surface area contributed by atoms with Gasteiger partial charge >= 0.3 is 5.97 Å². The van der Waals surface area contributed by atoms with Gasteiger partial charge in [-0.1, -0.05) is 12.1 Å². The summed E-state index contributed by atoms with van der Waals surface area (Å²) in [5.41, 5.74) is 3.24. The van der Waals surface area contributed by atoms with E-state index >= 15 is 0 Å². The lowest BCUT2D eigenvalue weighted by Crippen LogP contribution is -2.65. The zero-order valence-corrected chi connectivity index (χ0v) is 27.2. The maximum Gasteiger partial charge on any atom is 0.325 e. The number of aromatic hydroxyl groups is 1. The first-order valence-corrected chi connectivity index (χ1v) is 15.3. The van der Waals surface area contributed by atoms with E-state index < -0.39 is 75.7 Å². The second-order valence-electron chi connectivity index (χ2n) is 12.6. The van der Waals surface area contributed by atoms with Gasteiger partial charge in [0.1, 0.15) is 29.4 Å². The number of phenols is 1. The molecule has 14 nitrogen and oxygen atoms in total. The zero-order valence-electron chi connectivity index (χ0n) is 27.2. The van der Waals surface area contributed by atoms with Crippen LogP contribution in [0.5, 0.6) is 5.75 Å². The fraction of sp³-hybridized carbons (Fsp3) is 0.382. The fourth-order valence-corrected chi connectivity index (χ4v) is 7.21. The molecule has 0 radical (unpaired) electrons. The maximum absolute atomic E-state index is 14.2. The smallest absolute Gasteiger partial charge is 0.325 e. The Balaban J connectivity index is 1.65. The second kappa shape index (κ2) is 12.4. The number of nitrogens with one attached hydrogen (secondary N) is 1. The number of amides is 2. The Hall–Kier alpha value is -5.21. The molecule has 4 unspecified atom stereocenters. The molecule has 3 aliphatic rings. The highest BCUT2D eigenvalue weighted by Gasteiger charge is 2.64. The Morgan fingerprint density at radius 3 is 2.38 bits per heavy atom. The number of primary amides is 1. The van der Waals surface area contributed by atoms with Gasteiger partial charge < -0.3 is 41.1 Å². The van der Waals surface area contributed by atoms with E-state index in [0.717, 1.165) is 0 Å². The molecule has 3 aliphatic carbocycles. The molecular formula is C34H38N4O10. The van der Waals surface area contributed by atoms with Crippen LogP contribution >= 0.6 is 0 Å². The maximum atomic E-state index is 14.2. The van der Waals surface area contributed by atoms with E-state index in [1.165, 1.54) is 31.1 Å². The van der Waals surface area contributed by atoms with Gasteiger partial charge in [0.15, 0.2) is 11.4 Å². The largest absolute Gasteiger partial charge is 0.508 e. The molecule has 4 atom stereocenters. The minimum atomic E-state index is -2.76. The van der Waals surface area contributed by atoms with E-state index in [1.54, 1.807) is 44.1 Å². The highest BCUT2D eigenvalue weighted by Crippen LogP contribution is 2.55. The molecule has 2 amide bonds. The monoisotopic (exact) mass is 662 g/mol. The van der Waals surface area contributed by atoms with Gasteiger partial charge in [-0.25, -0.2) is 0 Å². The molecule has 254 valence electrons. The van der Waals surface area contributed by atoms with Crippen molar-refractivity contribution in [2.75, 3.05) is 46.2 Å². The highest BCUT2D eigenvalue weighted by atomic mass is 16.5. The number of benzene rings is 2. The number of hydrogen-bond donors (Lipinski definition) is 6. The number of esters is 1. The van der Waals surface area contributed by atoms with Gasteiger partial charge in [-0.05, 0) is 69.1 Å². The standard InChI is InChI=1S/C34H38N4O10/c1-6-48-22(39)14-36-33(46)16-9-7-8-15(10-16)18-13-21(37(2)3)19-11-17-12-20-26(38(4)5)29(42)25(32(35)45)31(44)34(20,47)30(43)23(17)28(41)24(19)27(18)40/h7-10,13,17,20,26,40-41,44,47H,6,11-12,14H2,1-5H3,(H2,35,45)(H,36,46). The number of carbonyl (C=O) groups is 5. The van der Waals surface area contributed by atoms with E-state index in [1.807, 2.05) is 0 Å². The predicted molar refractivity (Wildman–Crippen MR) is 173 cm³/mol. The molecular weight excluding hydrogens is 624 g/mol. The molecule has 0 bridgehead atoms. The lowest BCUT2D eigenvalue weighted by molar-refractivity contribution is -0.153. The van der Waals surface area contributed by atoms with Gasteiger partial charge in [-0.2, -0.15) is 0 Å². The van der Waals surface area contributed by atoms with Crippen molar-refractivity contribution in [1.29, 1.82) is 0 Å². The lowest BCUT2D eigenvalue weighted by atomic mass is 9.57. The summed E-state index contributed by atoms with van der Waals surface area (Å²) in [6, 6.07) is 6.72. The quantitative estimate of drug-likeness (QED) is 0.172. The third kappa shape index (κ3) is 5.26. The summed E-state index contributed by atoms with van der Waals surface area (Å²) in [6.07, 6.45) is 0.0797. The third-order valence-corrected chi connectivity index (χ3v) is 9.31. The predicted octanol–water partition coefficient (Wildman–Crippen LogP) is 0.990. The number of aliphatic hydroxyl groups is 3. The summed E-state index contributed by atoms with van der Waals surface area (Å²) in [6.45, 7) is 1.46. The Morgan fingerprint density at radius 2 is 1.77 bits per heavy atom. The molecule has 0 aromatic heterocycles. The van der Waals surface area contributed by atoms with Gasteiger partial charge in [-0.3, -0.25) is 28.9 Å². The molecule has 0 saturated heterocycles. The first-order valence-electron chi connectivity index (χ1n) is 15.3. The number of ether oxygens (including phenoxy) is 1. The number of rotatable bonds is 8. The first-order chi connectivity index (χ1) is 22.6. The number of hydrogen-bond acceptors (Lipinski definition) is 12. The minimum Gasteiger partial charge on any atom is -0.508 e. The van der Waals surface area contributed by atoms with Crippen LogP contribution in [-0.2, 0) is 30.3 Å². The normalized spacial score (nSPS) is 23.4. The highest BCUT2D eigenvalue weighted by molar-refractivity contribution is 6.24. The molecule has 14 heteroatoms. The number of aliphatic hydroxyl groups excluding tert-OH is 2. The molecule has 1 fully saturated rings. The van der Waals surface area contributed by atoms with Gasteiger partial charge in [0.25, 0.3) is 11.8 Å². The summed E-state index contributed by atoms with van der Waals surface area (Å²) in [4.78, 5) is 67.6. The Bertz CT molecular complexity index is 1830. The molecule has 5 rings (SSSR count). The third-order valence-electron chi connectivity index (χ3n) is 9.31. The van der Waals surface area contributed by atoms with Crippen molar-refractivity contribution in [3.05, 3.63) is 63.9 Å². The molecule has 0 aliphatic heterocycles. The van der Waals surface area contributed by atoms with Crippen LogP contribution in [0.25, 0.3) is 16.9 Å². The minimum absolute atomic E-state index is 0.0376. The number of nitrogens with two attached hydrogens (primary N) is 1. The molecule has 7 N–H and O–H groups in total. The van der Waals surface area contributed by atoms with Crippen LogP contribution in [0.15, 0.2) is 47.2 Å². The van der Waals surface area contributed by atoms with Crippen molar-refractivity contribution >= 4 is 40.8 Å². The van der Waals surface area contributed by atoms with E-state index in [0.29, 0.717) is 16.8 Å². The van der Waals surface area contributed by atoms with Crippen LogP contribution < -0.4 is 16.0 Å². The number of phenolic OH excluding ortho intramolecular Hbond substituents is 1. The Kier molecular flexibility index (Phi) is 8.84. The Labute approximate surface area is 276 Å². The van der Waals surface area contributed by atoms with Crippen LogP contribution in [0.4, 0.5) is 5.69 Å². The number of fused-ring (bicyclic) bond motifs is 3. The summed E-state index contributed by atoms with van der Waals surface area (Å²) in [7, 11) is 6.59. The van der Waals surface area contributed by atoms with Crippen molar-refractivity contribution in [2.24, 2.45) is 17.6 Å². The van der Waals surface area contributed by atoms with Gasteiger partial charge in [0.2, 0.25) is 5.78 Å². The van der Waals surface area contributed by atoms with Gasteiger partial charge in [0.05, 0.1) is 18.2 Å². The number of Topliss-reactive ketones (excluding diaryl/α,β-unsaturated/α-hetero) is 2. The zero-order chi connectivity index (χ0) is 35.4. The Morgan fingerprint density at radius 1 is 1.08 bits per heavy atom. The summed E-state index contributed by atoms with van der Waals surface area (Å²) < 4.78 is 4.85. The van der Waals surface area contributed by atoms with E-state index in [2.05, 4.69) is 5.32 Å². The van der Waals surface area contributed by atoms with Crippen molar-refractivity contribution in [3.8, 4) is 16.9 Å². The topological polar surface area (TPSA) is 220 Å². The number of ketones is 2. The van der Waals surface area contributed by atoms with E-state index in [-0.39, 0.29) is 48.3 Å². The number of anilines is 1. The first kappa shape index (κ1) is 34.1. The van der Waals surface area contributed by atoms with Crippen molar-refractivity contribution in [3.63, 3.8) is 0 Å². The molecule has 1 saturated carbocycles. The molecule has 48 heavy (non-hydrogen) atoms. The van der Waals surface area contributed by atoms with Crippen molar-refractivity contribution in [2.45, 2.75) is 31.4 Å². The van der Waals surface area contributed by atoms with Gasteiger partial charge in [-0.15, -0.1) is 0 Å². The lowest BCUT2D eigenvalue weighted by Gasteiger charge is -2.50. The SMILES string of the molecule is CCOC(=O)CNC(=O)c1cccc(-c2cc(N(C)C)c3c(c2O)C(O)=C2C(=O)C4(O)C(O)=C(C(N)=O)C(=O)C(N(C)C)C4CC2C3)c1. The van der Waals surface area contributed by atoms with Crippen LogP contribution in [-0.4, -0.2) is 108 Å². The average molecular weight is 663 g/mol. The van der Waals surface area contributed by atoms with Crippen LogP contribution in [0.3, 0.4) is 0 Å². The number of nitrogens with zero attached hydrogens (tertiary/aromatic N) is 2. The fourth-order valence-electron chi connectivity index (χ4n) is 7.21. The average Bonchev–Trinajstić information content (AvgIpc) is 3.01. The molecule has 0 spiro atoms. The van der Waals surface area contributed by atoms with E-state index in [4.69, 9.17) is 10.5 Å². The van der Waals surface area contributed by atoms with Gasteiger partial charge in [0, 0.05) is 42.4 Å². The van der Waals surface area contributed by atoms with Crippen molar-refractivity contribution in [1.82, 2.24) is 10.2 Å². The number of likely N-dealkylation sites (N-methyl/N-ethyl adjacent to an activating group) is 1. The molecule has 2 aromatic rings. The van der Waals surface area contributed by atoms with Crippen molar-refractivity contribution < 1.29 is 49.1 Å². The summed E-state index contributed by atoms with van der Waals surface area (Å²) >= 11 is 0. The van der Waals surface area contributed by atoms with Crippen LogP contribution in [0.1, 0.15) is 34.8 Å². The molecule has 0 heterocycles. The van der Waals surface area contributed by atoms with Crippen LogP contribution in [0, 0.1) is 11.8 Å². The van der Waals surface area contributed by atoms with Crippen LogP contribution in [0.2, 0.25) is 0 Å².